The molecule has 0 aromatic carbocycles. The van der Waals surface area contributed by atoms with Gasteiger partial charge in [-0.3, -0.25) is 14.6 Å². The van der Waals surface area contributed by atoms with Crippen LogP contribution in [-0.2, 0) is 14.4 Å². The summed E-state index contributed by atoms with van der Waals surface area (Å²) >= 11 is 0. The summed E-state index contributed by atoms with van der Waals surface area (Å²) in [6.07, 6.45) is 2.04. The summed E-state index contributed by atoms with van der Waals surface area (Å²) in [5.41, 5.74) is 21.4. The zero-order valence-electron chi connectivity index (χ0n) is 15.3. The molecular formula is C15H31N7O5. The summed E-state index contributed by atoms with van der Waals surface area (Å²) in [7, 11) is 0. The number of carboxylic acid groups (broad SMARTS) is 1. The molecule has 0 rings (SSSR count). The van der Waals surface area contributed by atoms with Crippen LogP contribution in [0.1, 0.15) is 32.1 Å². The number of guanidine groups is 1. The maximum absolute atomic E-state index is 12.2. The maximum atomic E-state index is 12.2. The largest absolute Gasteiger partial charge is 0.480 e. The molecule has 12 heteroatoms. The minimum absolute atomic E-state index is 0.0653. The Morgan fingerprint density at radius 2 is 1.59 bits per heavy atom. The van der Waals surface area contributed by atoms with E-state index in [9.17, 15) is 19.5 Å². The van der Waals surface area contributed by atoms with Crippen LogP contribution in [-0.4, -0.2) is 71.8 Å². The first-order chi connectivity index (χ1) is 12.7. The number of aliphatic carboxylic acids is 1. The van der Waals surface area contributed by atoms with E-state index in [0.29, 0.717) is 32.4 Å². The summed E-state index contributed by atoms with van der Waals surface area (Å²) in [4.78, 5) is 39.2. The van der Waals surface area contributed by atoms with Gasteiger partial charge in [0.05, 0.1) is 12.6 Å². The van der Waals surface area contributed by atoms with E-state index in [4.69, 9.17) is 28.0 Å². The lowest BCUT2D eigenvalue weighted by Crippen LogP contribution is -2.55. The lowest BCUT2D eigenvalue weighted by atomic mass is 10.1. The third kappa shape index (κ3) is 11.0. The van der Waals surface area contributed by atoms with Gasteiger partial charge in [0, 0.05) is 6.54 Å². The molecule has 156 valence electrons. The maximum Gasteiger partial charge on any atom is 0.326 e. The third-order valence-corrected chi connectivity index (χ3v) is 3.68. The van der Waals surface area contributed by atoms with E-state index in [1.54, 1.807) is 0 Å². The molecule has 27 heavy (non-hydrogen) atoms. The molecule has 0 aliphatic heterocycles. The molecular weight excluding hydrogens is 358 g/mol. The Hall–Kier alpha value is -2.44. The van der Waals surface area contributed by atoms with Crippen molar-refractivity contribution >= 4 is 23.7 Å². The number of carbonyl (C=O) groups is 3. The molecule has 0 aromatic rings. The van der Waals surface area contributed by atoms with Crippen molar-refractivity contribution in [3.05, 3.63) is 0 Å². The van der Waals surface area contributed by atoms with Gasteiger partial charge in [0.2, 0.25) is 11.8 Å². The van der Waals surface area contributed by atoms with Crippen LogP contribution >= 0.6 is 0 Å². The van der Waals surface area contributed by atoms with Crippen molar-refractivity contribution in [1.29, 1.82) is 0 Å². The highest BCUT2D eigenvalue weighted by molar-refractivity contribution is 5.91. The molecule has 12 nitrogen and oxygen atoms in total. The van der Waals surface area contributed by atoms with Crippen LogP contribution in [0.2, 0.25) is 0 Å². The summed E-state index contributed by atoms with van der Waals surface area (Å²) in [5, 5.41) is 23.1. The van der Waals surface area contributed by atoms with Gasteiger partial charge < -0.3 is 43.8 Å². The highest BCUT2D eigenvalue weighted by Crippen LogP contribution is 2.02. The predicted molar refractivity (Wildman–Crippen MR) is 99.4 cm³/mol. The molecule has 12 N–H and O–H groups in total. The molecule has 0 heterocycles. The number of hydrogen-bond acceptors (Lipinski definition) is 7. The summed E-state index contributed by atoms with van der Waals surface area (Å²) in [6.45, 7) is 0.0143. The fourth-order valence-corrected chi connectivity index (χ4v) is 2.15. The number of hydrogen-bond donors (Lipinski definition) is 8. The molecule has 0 saturated carbocycles. The van der Waals surface area contributed by atoms with Gasteiger partial charge >= 0.3 is 5.97 Å². The molecule has 3 unspecified atom stereocenters. The Balaban J connectivity index is 4.57. The highest BCUT2D eigenvalue weighted by atomic mass is 16.4. The van der Waals surface area contributed by atoms with Gasteiger partial charge in [-0.2, -0.15) is 0 Å². The van der Waals surface area contributed by atoms with Crippen LogP contribution in [0, 0.1) is 0 Å². The van der Waals surface area contributed by atoms with Gasteiger partial charge in [0.1, 0.15) is 12.1 Å². The van der Waals surface area contributed by atoms with Gasteiger partial charge in [0.15, 0.2) is 5.96 Å². The number of amides is 2. The molecule has 3 atom stereocenters. The van der Waals surface area contributed by atoms with Gasteiger partial charge in [-0.25, -0.2) is 4.79 Å². The zero-order valence-corrected chi connectivity index (χ0v) is 15.3. The molecule has 0 spiro atoms. The van der Waals surface area contributed by atoms with Crippen LogP contribution < -0.4 is 33.6 Å². The first-order valence-corrected chi connectivity index (χ1v) is 8.68. The number of aliphatic imine (C=N–C) groups is 1. The van der Waals surface area contributed by atoms with Crippen LogP contribution in [0.25, 0.3) is 0 Å². The summed E-state index contributed by atoms with van der Waals surface area (Å²) < 4.78 is 0. The number of carbonyl (C=O) groups excluding carboxylic acids is 2. The molecule has 0 bridgehead atoms. The van der Waals surface area contributed by atoms with Gasteiger partial charge in [0.25, 0.3) is 0 Å². The summed E-state index contributed by atoms with van der Waals surface area (Å²) in [5.74, 6) is -2.73. The van der Waals surface area contributed by atoms with Gasteiger partial charge in [-0.15, -0.1) is 0 Å². The first kappa shape index (κ1) is 24.6. The van der Waals surface area contributed by atoms with Gasteiger partial charge in [-0.05, 0) is 38.6 Å². The second-order valence-corrected chi connectivity index (χ2v) is 5.98. The van der Waals surface area contributed by atoms with Gasteiger partial charge in [-0.1, -0.05) is 0 Å². The second-order valence-electron chi connectivity index (χ2n) is 5.98. The van der Waals surface area contributed by atoms with Crippen LogP contribution in [0.4, 0.5) is 0 Å². The Bertz CT molecular complexity index is 511. The Labute approximate surface area is 157 Å². The first-order valence-electron chi connectivity index (χ1n) is 8.68. The van der Waals surface area contributed by atoms with Crippen molar-refractivity contribution in [3.63, 3.8) is 0 Å². The van der Waals surface area contributed by atoms with E-state index in [-0.39, 0.29) is 18.8 Å². The topological polar surface area (TPSA) is 232 Å². The monoisotopic (exact) mass is 389 g/mol. The molecule has 2 amide bonds. The molecule has 0 radical (unpaired) electrons. The minimum atomic E-state index is -1.31. The highest BCUT2D eigenvalue weighted by Gasteiger charge is 2.27. The molecule has 0 aliphatic carbocycles. The van der Waals surface area contributed by atoms with Crippen molar-refractivity contribution < 1.29 is 24.6 Å². The number of aliphatic hydroxyl groups is 1. The van der Waals surface area contributed by atoms with Crippen molar-refractivity contribution in [2.45, 2.75) is 50.2 Å². The second kappa shape index (κ2) is 13.7. The fourth-order valence-electron chi connectivity index (χ4n) is 2.15. The summed E-state index contributed by atoms with van der Waals surface area (Å²) in [6, 6.07) is -3.37. The van der Waals surface area contributed by atoms with Crippen molar-refractivity contribution in [2.24, 2.45) is 27.9 Å². The number of rotatable bonds is 14. The van der Waals surface area contributed by atoms with E-state index in [1.165, 1.54) is 0 Å². The van der Waals surface area contributed by atoms with Crippen LogP contribution in [0.3, 0.4) is 0 Å². The fraction of sp³-hybridized carbons (Fsp3) is 0.733. The van der Waals surface area contributed by atoms with E-state index in [2.05, 4.69) is 15.6 Å². The Morgan fingerprint density at radius 1 is 0.963 bits per heavy atom. The molecule has 0 saturated heterocycles. The van der Waals surface area contributed by atoms with Crippen molar-refractivity contribution in [1.82, 2.24) is 10.6 Å². The van der Waals surface area contributed by atoms with Crippen LogP contribution in [0.5, 0.6) is 0 Å². The smallest absolute Gasteiger partial charge is 0.326 e. The number of unbranched alkanes of at least 4 members (excludes halogenated alkanes) is 1. The molecule has 0 aromatic heterocycles. The standard InChI is InChI=1S/C15H31N7O5/c16-6-2-1-5-10(14(26)27)21-13(25)11(8-23)22-12(24)9(17)4-3-7-20-15(18)19/h9-11,23H,1-8,16-17H2,(H,21,25)(H,22,24)(H,26,27)(H4,18,19,20). The van der Waals surface area contributed by atoms with Crippen LogP contribution in [0.15, 0.2) is 4.99 Å². The molecule has 0 aliphatic rings. The lowest BCUT2D eigenvalue weighted by Gasteiger charge is -2.21. The van der Waals surface area contributed by atoms with E-state index in [0.717, 1.165) is 0 Å². The number of aliphatic hydroxyl groups excluding tert-OH is 1. The van der Waals surface area contributed by atoms with Crippen molar-refractivity contribution in [3.8, 4) is 0 Å². The average molecular weight is 389 g/mol. The molecule has 0 fully saturated rings. The number of carboxylic acids is 1. The number of nitrogens with two attached hydrogens (primary N) is 4. The normalized spacial score (nSPS) is 13.9. The minimum Gasteiger partial charge on any atom is -0.480 e. The SMILES string of the molecule is NCCCCC(NC(=O)C(CO)NC(=O)C(N)CCCN=C(N)N)C(=O)O. The van der Waals surface area contributed by atoms with E-state index >= 15 is 0 Å². The third-order valence-electron chi connectivity index (χ3n) is 3.68. The average Bonchev–Trinajstić information content (AvgIpc) is 2.61. The number of nitrogens with zero attached hydrogens (tertiary/aromatic N) is 1. The predicted octanol–water partition coefficient (Wildman–Crippen LogP) is -3.46. The Kier molecular flexibility index (Phi) is 12.5. The Morgan fingerprint density at radius 3 is 2.11 bits per heavy atom. The number of nitrogens with one attached hydrogen (secondary N) is 2. The quantitative estimate of drug-likeness (QED) is 0.0836. The van der Waals surface area contributed by atoms with Crippen molar-refractivity contribution in [2.75, 3.05) is 19.7 Å². The zero-order chi connectivity index (χ0) is 20.8. The van der Waals surface area contributed by atoms with E-state index < -0.39 is 42.5 Å². The van der Waals surface area contributed by atoms with E-state index in [1.807, 2.05) is 0 Å². The lowest BCUT2D eigenvalue weighted by molar-refractivity contribution is -0.142.